The largest absolute Gasteiger partial charge is 0.309 e. The quantitative estimate of drug-likeness (QED) is 0.121. The van der Waals surface area contributed by atoms with Crippen LogP contribution in [-0.4, -0.2) is 10.3 Å². The van der Waals surface area contributed by atoms with Crippen LogP contribution >= 0.6 is 11.3 Å². The summed E-state index contributed by atoms with van der Waals surface area (Å²) in [6.45, 7) is 4.77. The Kier molecular flexibility index (Phi) is 8.92. The van der Waals surface area contributed by atoms with E-state index in [-0.39, 0.29) is 0 Å². The van der Waals surface area contributed by atoms with Gasteiger partial charge in [0.25, 0.3) is 0 Å². The van der Waals surface area contributed by atoms with Crippen LogP contribution in [0.2, 0.25) is 0 Å². The number of aliphatic imine (C=N–C) groups is 1. The number of rotatable bonds is 5. The molecule has 0 fully saturated rings. The second-order valence-electron chi connectivity index (χ2n) is 17.2. The van der Waals surface area contributed by atoms with E-state index >= 15 is 0 Å². The van der Waals surface area contributed by atoms with Crippen molar-refractivity contribution in [2.24, 2.45) is 4.99 Å². The third-order valence-corrected chi connectivity index (χ3v) is 14.5. The molecular weight excluding hydrogens is 817 g/mol. The smallest absolute Gasteiger partial charge is 0.0711 e. The molecule has 0 unspecified atom stereocenters. The van der Waals surface area contributed by atoms with E-state index in [4.69, 9.17) is 11.6 Å². The predicted molar refractivity (Wildman–Crippen MR) is 284 cm³/mol. The average molecular weight is 857 g/mol. The topological polar surface area (TPSA) is 17.3 Å². The number of hydrogen-bond donors (Lipinski definition) is 0. The van der Waals surface area contributed by atoms with Crippen molar-refractivity contribution in [1.29, 1.82) is 0 Å². The summed E-state index contributed by atoms with van der Waals surface area (Å²) in [5, 5.41) is 12.3. The summed E-state index contributed by atoms with van der Waals surface area (Å²) >= 11 is 1.86. The molecule has 1 aliphatic heterocycles. The van der Waals surface area contributed by atoms with E-state index in [0.29, 0.717) is 6.42 Å². The van der Waals surface area contributed by atoms with E-state index in [0.717, 1.165) is 56.0 Å². The minimum Gasteiger partial charge on any atom is -0.309 e. The molecule has 0 aliphatic carbocycles. The highest BCUT2D eigenvalue weighted by Crippen LogP contribution is 2.45. The van der Waals surface area contributed by atoms with Gasteiger partial charge in [-0.15, -0.1) is 17.1 Å². The van der Waals surface area contributed by atoms with Gasteiger partial charge in [-0.05, 0) is 115 Å². The maximum atomic E-state index is 5.35. The second kappa shape index (κ2) is 15.4. The highest BCUT2D eigenvalue weighted by Gasteiger charge is 2.21. The molecule has 10 aromatic carbocycles. The Labute approximate surface area is 386 Å². The van der Waals surface area contributed by atoms with Crippen LogP contribution in [0.25, 0.3) is 102 Å². The van der Waals surface area contributed by atoms with Gasteiger partial charge in [-0.3, -0.25) is 4.99 Å². The molecule has 2 nitrogen and oxygen atoms in total. The van der Waals surface area contributed by atoms with Crippen LogP contribution in [0.3, 0.4) is 0 Å². The fourth-order valence-corrected chi connectivity index (χ4v) is 11.4. The van der Waals surface area contributed by atoms with Crippen molar-refractivity contribution in [1.82, 2.24) is 4.57 Å². The molecule has 0 atom stereocenters. The third kappa shape index (κ3) is 6.21. The molecule has 3 heteroatoms. The first-order chi connectivity index (χ1) is 32.6. The number of benzene rings is 10. The molecule has 2 aromatic heterocycles. The van der Waals surface area contributed by atoms with Crippen LogP contribution in [0.5, 0.6) is 0 Å². The Morgan fingerprint density at radius 3 is 1.77 bits per heavy atom. The van der Waals surface area contributed by atoms with Crippen LogP contribution in [-0.2, 0) is 0 Å². The predicted octanol–water partition coefficient (Wildman–Crippen LogP) is 17.3. The van der Waals surface area contributed by atoms with Crippen molar-refractivity contribution in [2.75, 3.05) is 0 Å². The first kappa shape index (κ1) is 38.2. The maximum Gasteiger partial charge on any atom is 0.0711 e. The van der Waals surface area contributed by atoms with Crippen molar-refractivity contribution in [3.05, 3.63) is 253 Å². The van der Waals surface area contributed by atoms with Crippen LogP contribution in [0.1, 0.15) is 23.1 Å². The molecule has 308 valence electrons. The van der Waals surface area contributed by atoms with Gasteiger partial charge in [-0.1, -0.05) is 164 Å². The molecule has 0 amide bonds. The highest BCUT2D eigenvalue weighted by molar-refractivity contribution is 7.25. The zero-order valence-corrected chi connectivity index (χ0v) is 36.8. The summed E-state index contributed by atoms with van der Waals surface area (Å²) in [4.78, 5) is 5.35. The van der Waals surface area contributed by atoms with E-state index < -0.39 is 0 Å². The Morgan fingerprint density at radius 1 is 0.439 bits per heavy atom. The first-order valence-electron chi connectivity index (χ1n) is 22.5. The second-order valence-corrected chi connectivity index (χ2v) is 18.3. The summed E-state index contributed by atoms with van der Waals surface area (Å²) in [5.41, 5.74) is 16.5. The van der Waals surface area contributed by atoms with Gasteiger partial charge in [0.05, 0.1) is 28.1 Å². The zero-order valence-electron chi connectivity index (χ0n) is 36.0. The number of allylic oxidation sites excluding steroid dienone is 3. The van der Waals surface area contributed by atoms with Gasteiger partial charge in [0.15, 0.2) is 0 Å². The van der Waals surface area contributed by atoms with Crippen LogP contribution in [0.15, 0.2) is 241 Å². The van der Waals surface area contributed by atoms with E-state index in [9.17, 15) is 0 Å². The Bertz CT molecular complexity index is 4120. The molecule has 0 radical (unpaired) electrons. The molecular formula is C63H40N2S. The van der Waals surface area contributed by atoms with Crippen LogP contribution in [0, 0.1) is 0 Å². The lowest BCUT2D eigenvalue weighted by molar-refractivity contribution is 1.20. The van der Waals surface area contributed by atoms with Gasteiger partial charge < -0.3 is 4.57 Å². The van der Waals surface area contributed by atoms with Crippen molar-refractivity contribution >= 4 is 103 Å². The summed E-state index contributed by atoms with van der Waals surface area (Å²) in [6, 6.07) is 75.0. The van der Waals surface area contributed by atoms with Gasteiger partial charge in [-0.2, -0.15) is 0 Å². The number of para-hydroxylation sites is 1. The van der Waals surface area contributed by atoms with Gasteiger partial charge in [-0.25, -0.2) is 0 Å². The van der Waals surface area contributed by atoms with Gasteiger partial charge >= 0.3 is 0 Å². The van der Waals surface area contributed by atoms with E-state index in [1.807, 2.05) is 17.4 Å². The minimum atomic E-state index is 0.615. The monoisotopic (exact) mass is 856 g/mol. The van der Waals surface area contributed by atoms with Crippen molar-refractivity contribution in [3.63, 3.8) is 0 Å². The number of hydrogen-bond acceptors (Lipinski definition) is 2. The normalized spacial score (nSPS) is 15.0. The number of aromatic nitrogens is 1. The number of nitrogens with zero attached hydrogens (tertiary/aromatic N) is 2. The molecule has 13 rings (SSSR count). The molecule has 0 N–H and O–H groups in total. The van der Waals surface area contributed by atoms with Crippen molar-refractivity contribution in [2.45, 2.75) is 6.42 Å². The summed E-state index contributed by atoms with van der Waals surface area (Å²) in [6.07, 6.45) is 4.89. The molecule has 0 saturated carbocycles. The first-order valence-corrected chi connectivity index (χ1v) is 23.3. The highest BCUT2D eigenvalue weighted by atomic mass is 32.1. The molecule has 0 bridgehead atoms. The number of fused-ring (bicyclic) bond motifs is 12. The van der Waals surface area contributed by atoms with Gasteiger partial charge in [0, 0.05) is 53.9 Å². The van der Waals surface area contributed by atoms with Gasteiger partial charge in [0.1, 0.15) is 0 Å². The van der Waals surface area contributed by atoms with Crippen molar-refractivity contribution in [3.8, 4) is 16.8 Å². The molecule has 12 aromatic rings. The third-order valence-electron chi connectivity index (χ3n) is 13.3. The SMILES string of the molecule is C=C1/C=C(c2ccccc2)\N=C(\c2ccccc2)CC=C=C1c1cc(-n2c3ccccc3c3cc(-c4ccc5sc6ccccc6c5c4)ccc32)c2c3ccccc3c3ccccc3c2c1. The van der Waals surface area contributed by atoms with Crippen LogP contribution < -0.4 is 0 Å². The number of thiophene rings is 1. The lowest BCUT2D eigenvalue weighted by atomic mass is 9.89. The van der Waals surface area contributed by atoms with Gasteiger partial charge in [0.2, 0.25) is 0 Å². The standard InChI is InChI=1S/C63H40N2S/c1-40-35-57(42-19-6-3-7-20-42)64-56(41-17-4-2-5-18-41)28-16-27-46(40)45-38-55-49-23-9-8-21-47(49)48-22-10-11-26-52(48)63(55)60(39-45)65-58-29-14-12-24-50(58)53-36-43(31-33-59(53)65)44-32-34-62-54(37-44)51-25-13-15-30-61(51)66-62/h2-26,29-39H,1,28H2/b57-35-,64-56+. The molecule has 0 spiro atoms. The molecule has 3 heterocycles. The van der Waals surface area contributed by atoms with Crippen molar-refractivity contribution < 1.29 is 0 Å². The lowest BCUT2D eigenvalue weighted by Crippen LogP contribution is -2.00. The Hall–Kier alpha value is -8.33. The summed E-state index contributed by atoms with van der Waals surface area (Å²) < 4.78 is 5.13. The fourth-order valence-electron chi connectivity index (χ4n) is 10.3. The molecule has 66 heavy (non-hydrogen) atoms. The van der Waals surface area contributed by atoms with E-state index in [2.05, 4.69) is 223 Å². The fraction of sp³-hybridized carbons (Fsp3) is 0.0159. The van der Waals surface area contributed by atoms with E-state index in [1.165, 1.54) is 74.4 Å². The lowest BCUT2D eigenvalue weighted by Gasteiger charge is -2.19. The minimum absolute atomic E-state index is 0.615. The Balaban J connectivity index is 1.08. The van der Waals surface area contributed by atoms with Crippen LogP contribution in [0.4, 0.5) is 0 Å². The zero-order chi connectivity index (χ0) is 43.7. The molecule has 0 saturated heterocycles. The maximum absolute atomic E-state index is 5.35. The summed E-state index contributed by atoms with van der Waals surface area (Å²) in [7, 11) is 0. The van der Waals surface area contributed by atoms with E-state index in [1.54, 1.807) is 0 Å². The Morgan fingerprint density at radius 2 is 1.00 bits per heavy atom. The summed E-state index contributed by atoms with van der Waals surface area (Å²) in [5.74, 6) is 0. The average Bonchev–Trinajstić information content (AvgIpc) is 3.94. The molecule has 1 aliphatic rings.